The maximum Gasteiger partial charge on any atom is 0.303 e. The zero-order valence-corrected chi connectivity index (χ0v) is 10.3. The summed E-state index contributed by atoms with van der Waals surface area (Å²) >= 11 is 0. The fourth-order valence-corrected chi connectivity index (χ4v) is 1.58. The Bertz CT molecular complexity index is 310. The van der Waals surface area contributed by atoms with E-state index in [1.807, 2.05) is 13.0 Å². The standard InChI is InChI=1S/C12H18O5/c1-4-10-5-6-11(16-9(3)14)12(17-10)7-15-8(2)13/h5-6,10-12H,4,7H2,1-3H3/t10-,11-,12-/m1/s1. The van der Waals surface area contributed by atoms with Crippen molar-refractivity contribution in [3.63, 3.8) is 0 Å². The van der Waals surface area contributed by atoms with Crippen LogP contribution >= 0.6 is 0 Å². The monoisotopic (exact) mass is 242 g/mol. The van der Waals surface area contributed by atoms with E-state index < -0.39 is 12.2 Å². The Morgan fingerprint density at radius 1 is 1.24 bits per heavy atom. The maximum absolute atomic E-state index is 10.9. The van der Waals surface area contributed by atoms with Crippen molar-refractivity contribution in [1.82, 2.24) is 0 Å². The van der Waals surface area contributed by atoms with Crippen molar-refractivity contribution in [2.45, 2.75) is 45.5 Å². The number of esters is 2. The Morgan fingerprint density at radius 2 is 1.94 bits per heavy atom. The Hall–Kier alpha value is -1.36. The lowest BCUT2D eigenvalue weighted by Gasteiger charge is -2.31. The third-order valence-corrected chi connectivity index (χ3v) is 2.39. The molecule has 0 bridgehead atoms. The summed E-state index contributed by atoms with van der Waals surface area (Å²) in [5.41, 5.74) is 0. The molecule has 1 rings (SSSR count). The Labute approximate surface area is 101 Å². The lowest BCUT2D eigenvalue weighted by molar-refractivity contribution is -0.163. The smallest absolute Gasteiger partial charge is 0.303 e. The third-order valence-electron chi connectivity index (χ3n) is 2.39. The summed E-state index contributed by atoms with van der Waals surface area (Å²) in [6.07, 6.45) is 3.51. The van der Waals surface area contributed by atoms with Crippen LogP contribution in [0.5, 0.6) is 0 Å². The second-order valence-electron chi connectivity index (χ2n) is 3.88. The van der Waals surface area contributed by atoms with E-state index in [0.717, 1.165) is 6.42 Å². The summed E-state index contributed by atoms with van der Waals surface area (Å²) in [4.78, 5) is 21.7. The molecule has 1 aliphatic rings. The van der Waals surface area contributed by atoms with Crippen molar-refractivity contribution in [2.75, 3.05) is 6.61 Å². The lowest BCUT2D eigenvalue weighted by atomic mass is 10.1. The fraction of sp³-hybridized carbons (Fsp3) is 0.667. The molecule has 1 heterocycles. The maximum atomic E-state index is 10.9. The van der Waals surface area contributed by atoms with Gasteiger partial charge in [0.1, 0.15) is 18.8 Å². The number of ether oxygens (including phenoxy) is 3. The molecule has 0 radical (unpaired) electrons. The molecule has 17 heavy (non-hydrogen) atoms. The SMILES string of the molecule is CC[C@@H]1C=C[C@@H](OC(C)=O)[C@@H](COC(C)=O)O1. The van der Waals surface area contributed by atoms with Crippen molar-refractivity contribution in [3.8, 4) is 0 Å². The van der Waals surface area contributed by atoms with Gasteiger partial charge in [0.25, 0.3) is 0 Å². The van der Waals surface area contributed by atoms with Crippen molar-refractivity contribution in [3.05, 3.63) is 12.2 Å². The minimum Gasteiger partial charge on any atom is -0.463 e. The first-order valence-corrected chi connectivity index (χ1v) is 5.67. The second kappa shape index (κ2) is 6.39. The number of hydrogen-bond acceptors (Lipinski definition) is 5. The summed E-state index contributed by atoms with van der Waals surface area (Å²) in [5.74, 6) is -0.760. The van der Waals surface area contributed by atoms with E-state index in [4.69, 9.17) is 14.2 Å². The van der Waals surface area contributed by atoms with Gasteiger partial charge in [-0.3, -0.25) is 9.59 Å². The first-order valence-electron chi connectivity index (χ1n) is 5.67. The first-order chi connectivity index (χ1) is 8.02. The molecule has 1 aliphatic heterocycles. The molecule has 0 fully saturated rings. The zero-order valence-electron chi connectivity index (χ0n) is 10.3. The summed E-state index contributed by atoms with van der Waals surface area (Å²) in [5, 5.41) is 0. The van der Waals surface area contributed by atoms with E-state index in [1.54, 1.807) is 6.08 Å². The van der Waals surface area contributed by atoms with Crippen molar-refractivity contribution >= 4 is 11.9 Å². The molecular formula is C12H18O5. The Morgan fingerprint density at radius 3 is 2.47 bits per heavy atom. The average molecular weight is 242 g/mol. The molecule has 0 aliphatic carbocycles. The van der Waals surface area contributed by atoms with Crippen LogP contribution in [0, 0.1) is 0 Å². The van der Waals surface area contributed by atoms with Gasteiger partial charge in [-0.25, -0.2) is 0 Å². The molecule has 0 saturated carbocycles. The fourth-order valence-electron chi connectivity index (χ4n) is 1.58. The predicted molar refractivity (Wildman–Crippen MR) is 60.3 cm³/mol. The van der Waals surface area contributed by atoms with Crippen LogP contribution in [0.15, 0.2) is 12.2 Å². The van der Waals surface area contributed by atoms with E-state index in [1.165, 1.54) is 13.8 Å². The molecule has 0 aromatic rings. The third kappa shape index (κ3) is 4.56. The highest BCUT2D eigenvalue weighted by molar-refractivity contribution is 5.66. The van der Waals surface area contributed by atoms with Gasteiger partial charge in [-0.1, -0.05) is 13.0 Å². The quantitative estimate of drug-likeness (QED) is 0.548. The van der Waals surface area contributed by atoms with Gasteiger partial charge in [-0.15, -0.1) is 0 Å². The molecule has 96 valence electrons. The number of rotatable bonds is 4. The minimum atomic E-state index is -0.491. The van der Waals surface area contributed by atoms with Crippen molar-refractivity contribution in [2.24, 2.45) is 0 Å². The van der Waals surface area contributed by atoms with Gasteiger partial charge in [0.05, 0.1) is 6.10 Å². The van der Waals surface area contributed by atoms with E-state index in [2.05, 4.69) is 0 Å². The van der Waals surface area contributed by atoms with Crippen LogP contribution in [0.1, 0.15) is 27.2 Å². The molecule has 0 spiro atoms. The summed E-state index contributed by atoms with van der Waals surface area (Å²) < 4.78 is 15.6. The van der Waals surface area contributed by atoms with E-state index >= 15 is 0 Å². The van der Waals surface area contributed by atoms with Gasteiger partial charge in [0.2, 0.25) is 0 Å². The predicted octanol–water partition coefficient (Wildman–Crippen LogP) is 1.21. The van der Waals surface area contributed by atoms with E-state index in [-0.39, 0.29) is 24.6 Å². The topological polar surface area (TPSA) is 61.8 Å². The Balaban J connectivity index is 2.62. The largest absolute Gasteiger partial charge is 0.463 e. The molecule has 0 N–H and O–H groups in total. The summed E-state index contributed by atoms with van der Waals surface area (Å²) in [7, 11) is 0. The molecule has 0 amide bonds. The van der Waals surface area contributed by atoms with Crippen LogP contribution in [0.25, 0.3) is 0 Å². The average Bonchev–Trinajstić information content (AvgIpc) is 2.27. The van der Waals surface area contributed by atoms with Crippen molar-refractivity contribution in [1.29, 1.82) is 0 Å². The number of carbonyl (C=O) groups excluding carboxylic acids is 2. The van der Waals surface area contributed by atoms with Gasteiger partial charge in [-0.05, 0) is 12.5 Å². The molecule has 0 saturated heterocycles. The molecule has 5 heteroatoms. The molecule has 5 nitrogen and oxygen atoms in total. The summed E-state index contributed by atoms with van der Waals surface area (Å²) in [6.45, 7) is 4.75. The molecular weight excluding hydrogens is 224 g/mol. The highest BCUT2D eigenvalue weighted by Crippen LogP contribution is 2.18. The van der Waals surface area contributed by atoms with Crippen LogP contribution < -0.4 is 0 Å². The lowest BCUT2D eigenvalue weighted by Crippen LogP contribution is -2.41. The van der Waals surface area contributed by atoms with Crippen molar-refractivity contribution < 1.29 is 23.8 Å². The molecule has 0 aromatic carbocycles. The second-order valence-corrected chi connectivity index (χ2v) is 3.88. The van der Waals surface area contributed by atoms with Gasteiger partial charge >= 0.3 is 11.9 Å². The number of hydrogen-bond donors (Lipinski definition) is 0. The van der Waals surface area contributed by atoms with Crippen LogP contribution in [-0.4, -0.2) is 36.9 Å². The van der Waals surface area contributed by atoms with Gasteiger partial charge in [0.15, 0.2) is 0 Å². The van der Waals surface area contributed by atoms with Crippen LogP contribution in [0.3, 0.4) is 0 Å². The zero-order chi connectivity index (χ0) is 12.8. The van der Waals surface area contributed by atoms with E-state index in [0.29, 0.717) is 0 Å². The first kappa shape index (κ1) is 13.7. The molecule has 0 aromatic heterocycles. The van der Waals surface area contributed by atoms with Crippen LogP contribution in [-0.2, 0) is 23.8 Å². The summed E-state index contributed by atoms with van der Waals surface area (Å²) in [6, 6.07) is 0. The van der Waals surface area contributed by atoms with Crippen LogP contribution in [0.2, 0.25) is 0 Å². The Kier molecular flexibility index (Phi) is 5.15. The molecule has 3 atom stereocenters. The normalized spacial score (nSPS) is 27.6. The van der Waals surface area contributed by atoms with Gasteiger partial charge in [0, 0.05) is 13.8 Å². The highest BCUT2D eigenvalue weighted by atomic mass is 16.6. The molecule has 0 unspecified atom stereocenters. The number of carbonyl (C=O) groups is 2. The van der Waals surface area contributed by atoms with Gasteiger partial charge in [-0.2, -0.15) is 0 Å². The highest BCUT2D eigenvalue weighted by Gasteiger charge is 2.29. The van der Waals surface area contributed by atoms with Crippen LogP contribution in [0.4, 0.5) is 0 Å². The van der Waals surface area contributed by atoms with Gasteiger partial charge < -0.3 is 14.2 Å². The minimum absolute atomic E-state index is 0.0256. The van der Waals surface area contributed by atoms with E-state index in [9.17, 15) is 9.59 Å².